The van der Waals surface area contributed by atoms with Gasteiger partial charge in [-0.25, -0.2) is 4.79 Å². The number of rotatable bonds is 9. The first-order chi connectivity index (χ1) is 18.2. The van der Waals surface area contributed by atoms with E-state index in [2.05, 4.69) is 65.6 Å². The van der Waals surface area contributed by atoms with E-state index in [4.69, 9.17) is 0 Å². The van der Waals surface area contributed by atoms with Crippen LogP contribution in [0.5, 0.6) is 5.75 Å². The van der Waals surface area contributed by atoms with Gasteiger partial charge in [0, 0.05) is 32.1 Å². The second-order valence-electron chi connectivity index (χ2n) is 10.5. The van der Waals surface area contributed by atoms with E-state index < -0.39 is 0 Å². The van der Waals surface area contributed by atoms with Crippen LogP contribution in [0, 0.1) is 5.92 Å². The van der Waals surface area contributed by atoms with Crippen molar-refractivity contribution in [2.75, 3.05) is 39.3 Å². The fourth-order valence-corrected chi connectivity index (χ4v) is 6.07. The van der Waals surface area contributed by atoms with Gasteiger partial charge in [-0.2, -0.15) is 0 Å². The topological polar surface area (TPSA) is 47.0 Å². The number of hydrogen-bond acceptors (Lipinski definition) is 3. The SMILES string of the molecule is O=C1N(CCCN2CCC(C(c3ccccc3)c3ccccc3)CC2)CCCN1Cc1ccc(O)cc1. The number of benzene rings is 3. The zero-order chi connectivity index (χ0) is 25.5. The van der Waals surface area contributed by atoms with E-state index in [1.165, 1.54) is 24.0 Å². The summed E-state index contributed by atoms with van der Waals surface area (Å²) in [6, 6.07) is 29.3. The third-order valence-electron chi connectivity index (χ3n) is 8.03. The van der Waals surface area contributed by atoms with Crippen molar-refractivity contribution in [1.29, 1.82) is 0 Å². The molecule has 2 fully saturated rings. The van der Waals surface area contributed by atoms with Crippen molar-refractivity contribution in [2.45, 2.75) is 38.1 Å². The zero-order valence-electron chi connectivity index (χ0n) is 21.7. The van der Waals surface area contributed by atoms with Crippen molar-refractivity contribution < 1.29 is 9.90 Å². The normalized spacial score (nSPS) is 17.5. The number of carbonyl (C=O) groups excluding carboxylic acids is 1. The van der Waals surface area contributed by atoms with E-state index in [0.29, 0.717) is 18.4 Å². The number of piperidine rings is 1. The van der Waals surface area contributed by atoms with E-state index in [9.17, 15) is 9.90 Å². The van der Waals surface area contributed by atoms with E-state index in [-0.39, 0.29) is 11.8 Å². The van der Waals surface area contributed by atoms with E-state index in [1.807, 2.05) is 21.9 Å². The van der Waals surface area contributed by atoms with Crippen molar-refractivity contribution >= 4 is 6.03 Å². The second-order valence-corrected chi connectivity index (χ2v) is 10.5. The Morgan fingerprint density at radius 1 is 0.730 bits per heavy atom. The number of nitrogens with zero attached hydrogens (tertiary/aromatic N) is 3. The van der Waals surface area contributed by atoms with Crippen LogP contribution < -0.4 is 0 Å². The average molecular weight is 498 g/mol. The molecule has 2 saturated heterocycles. The summed E-state index contributed by atoms with van der Waals surface area (Å²) in [5.41, 5.74) is 3.90. The third kappa shape index (κ3) is 6.53. The van der Waals surface area contributed by atoms with Gasteiger partial charge in [-0.15, -0.1) is 0 Å². The minimum atomic E-state index is 0.145. The number of phenolic OH excluding ortho intramolecular Hbond substituents is 1. The highest BCUT2D eigenvalue weighted by Crippen LogP contribution is 2.37. The molecule has 2 aliphatic rings. The van der Waals surface area contributed by atoms with Gasteiger partial charge in [0.25, 0.3) is 0 Å². The number of hydrogen-bond donors (Lipinski definition) is 1. The lowest BCUT2D eigenvalue weighted by Crippen LogP contribution is -2.49. The smallest absolute Gasteiger partial charge is 0.320 e. The fraction of sp³-hybridized carbons (Fsp3) is 0.406. The molecule has 0 saturated carbocycles. The molecule has 194 valence electrons. The molecule has 0 aromatic heterocycles. The Morgan fingerprint density at radius 3 is 1.95 bits per heavy atom. The van der Waals surface area contributed by atoms with Crippen LogP contribution >= 0.6 is 0 Å². The van der Waals surface area contributed by atoms with Gasteiger partial charge in [0.15, 0.2) is 0 Å². The number of carbonyl (C=O) groups is 1. The molecular formula is C32H39N3O2. The molecular weight excluding hydrogens is 458 g/mol. The van der Waals surface area contributed by atoms with Gasteiger partial charge in [0.05, 0.1) is 0 Å². The van der Waals surface area contributed by atoms with Crippen LogP contribution in [0.3, 0.4) is 0 Å². The minimum Gasteiger partial charge on any atom is -0.508 e. The van der Waals surface area contributed by atoms with E-state index in [0.717, 1.165) is 57.7 Å². The summed E-state index contributed by atoms with van der Waals surface area (Å²) >= 11 is 0. The summed E-state index contributed by atoms with van der Waals surface area (Å²) in [6.07, 6.45) is 4.44. The maximum Gasteiger partial charge on any atom is 0.320 e. The molecule has 0 atom stereocenters. The molecule has 0 spiro atoms. The van der Waals surface area contributed by atoms with Crippen LogP contribution in [0.1, 0.15) is 48.3 Å². The van der Waals surface area contributed by atoms with Crippen molar-refractivity contribution in [1.82, 2.24) is 14.7 Å². The first-order valence-electron chi connectivity index (χ1n) is 13.8. The summed E-state index contributed by atoms with van der Waals surface area (Å²) in [7, 11) is 0. The second kappa shape index (κ2) is 12.3. The molecule has 0 radical (unpaired) electrons. The summed E-state index contributed by atoms with van der Waals surface area (Å²) in [5, 5.41) is 9.51. The van der Waals surface area contributed by atoms with Crippen LogP contribution in [0.25, 0.3) is 0 Å². The Kier molecular flexibility index (Phi) is 8.42. The van der Waals surface area contributed by atoms with Crippen molar-refractivity contribution in [3.05, 3.63) is 102 Å². The largest absolute Gasteiger partial charge is 0.508 e. The molecule has 2 amide bonds. The Bertz CT molecular complexity index is 1070. The highest BCUT2D eigenvalue weighted by Gasteiger charge is 2.29. The van der Waals surface area contributed by atoms with Gasteiger partial charge in [-0.3, -0.25) is 0 Å². The Balaban J connectivity index is 1.10. The predicted molar refractivity (Wildman–Crippen MR) is 149 cm³/mol. The first kappa shape index (κ1) is 25.3. The summed E-state index contributed by atoms with van der Waals surface area (Å²) in [5.74, 6) is 1.36. The third-order valence-corrected chi connectivity index (χ3v) is 8.03. The minimum absolute atomic E-state index is 0.145. The van der Waals surface area contributed by atoms with Crippen molar-refractivity contribution in [3.63, 3.8) is 0 Å². The number of likely N-dealkylation sites (tertiary alicyclic amines) is 1. The molecule has 2 heterocycles. The lowest BCUT2D eigenvalue weighted by atomic mass is 9.76. The van der Waals surface area contributed by atoms with Gasteiger partial charge in [0.1, 0.15) is 5.75 Å². The number of phenols is 1. The van der Waals surface area contributed by atoms with E-state index in [1.54, 1.807) is 12.1 Å². The molecule has 0 bridgehead atoms. The Labute approximate surface area is 221 Å². The molecule has 0 unspecified atom stereocenters. The van der Waals surface area contributed by atoms with Gasteiger partial charge in [-0.05, 0) is 80.1 Å². The van der Waals surface area contributed by atoms with E-state index >= 15 is 0 Å². The highest BCUT2D eigenvalue weighted by molar-refractivity contribution is 5.75. The van der Waals surface area contributed by atoms with Crippen LogP contribution in [0.4, 0.5) is 4.79 Å². The van der Waals surface area contributed by atoms with Gasteiger partial charge in [0.2, 0.25) is 0 Å². The van der Waals surface area contributed by atoms with Gasteiger partial charge >= 0.3 is 6.03 Å². The molecule has 5 rings (SSSR count). The zero-order valence-corrected chi connectivity index (χ0v) is 21.7. The van der Waals surface area contributed by atoms with Gasteiger partial charge < -0.3 is 19.8 Å². The fourth-order valence-electron chi connectivity index (χ4n) is 6.07. The van der Waals surface area contributed by atoms with Crippen LogP contribution in [0.15, 0.2) is 84.9 Å². The Hall–Kier alpha value is -3.31. The number of aromatic hydroxyl groups is 1. The van der Waals surface area contributed by atoms with Crippen molar-refractivity contribution in [3.8, 4) is 5.75 Å². The maximum atomic E-state index is 13.1. The summed E-state index contributed by atoms with van der Waals surface area (Å²) in [4.78, 5) is 19.6. The molecule has 37 heavy (non-hydrogen) atoms. The molecule has 3 aromatic carbocycles. The van der Waals surface area contributed by atoms with Gasteiger partial charge in [-0.1, -0.05) is 72.8 Å². The molecule has 5 nitrogen and oxygen atoms in total. The monoisotopic (exact) mass is 497 g/mol. The lowest BCUT2D eigenvalue weighted by Gasteiger charge is -2.38. The van der Waals surface area contributed by atoms with Crippen LogP contribution in [0.2, 0.25) is 0 Å². The summed E-state index contributed by atoms with van der Waals surface area (Å²) < 4.78 is 0. The molecule has 0 aliphatic carbocycles. The lowest BCUT2D eigenvalue weighted by molar-refractivity contribution is 0.120. The molecule has 2 aliphatic heterocycles. The first-order valence-corrected chi connectivity index (χ1v) is 13.8. The standard InChI is InChI=1S/C32H39N3O2/c36-30-15-13-26(14-16-30)25-35-22-8-21-34(32(35)37)20-7-19-33-23-17-29(18-24-33)31(27-9-3-1-4-10-27)28-11-5-2-6-12-28/h1-6,9-16,29,31,36H,7-8,17-25H2. The van der Waals surface area contributed by atoms with Crippen LogP contribution in [-0.2, 0) is 6.54 Å². The molecule has 5 heteroatoms. The molecule has 1 N–H and O–H groups in total. The highest BCUT2D eigenvalue weighted by atomic mass is 16.3. The number of urea groups is 1. The maximum absolute atomic E-state index is 13.1. The van der Waals surface area contributed by atoms with Crippen LogP contribution in [-0.4, -0.2) is 65.1 Å². The summed E-state index contributed by atoms with van der Waals surface area (Å²) in [6.45, 7) is 6.38. The molecule has 3 aromatic rings. The number of amides is 2. The quantitative estimate of drug-likeness (QED) is 0.397. The van der Waals surface area contributed by atoms with Crippen molar-refractivity contribution in [2.24, 2.45) is 5.92 Å². The Morgan fingerprint density at radius 2 is 1.32 bits per heavy atom. The predicted octanol–water partition coefficient (Wildman–Crippen LogP) is 5.95. The average Bonchev–Trinajstić information content (AvgIpc) is 2.94.